The van der Waals surface area contributed by atoms with E-state index in [1.165, 1.54) is 21.1 Å². The zero-order valence-corrected chi connectivity index (χ0v) is 18.2. The number of rotatable bonds is 7. The van der Waals surface area contributed by atoms with Gasteiger partial charge in [-0.15, -0.1) is 24.4 Å². The van der Waals surface area contributed by atoms with Crippen LogP contribution in [0.1, 0.15) is 25.7 Å². The van der Waals surface area contributed by atoms with Crippen molar-refractivity contribution in [1.82, 2.24) is 5.32 Å². The molecule has 0 aliphatic heterocycles. The van der Waals surface area contributed by atoms with Gasteiger partial charge >= 0.3 is 0 Å². The fourth-order valence-electron chi connectivity index (χ4n) is 3.47. The van der Waals surface area contributed by atoms with Crippen LogP contribution >= 0.6 is 36.2 Å². The van der Waals surface area contributed by atoms with Crippen molar-refractivity contribution in [1.29, 1.82) is 5.26 Å². The molecule has 0 aromatic heterocycles. The Balaban J connectivity index is 1.54. The number of amides is 1. The van der Waals surface area contributed by atoms with Crippen LogP contribution in [0.3, 0.4) is 0 Å². The summed E-state index contributed by atoms with van der Waals surface area (Å²) in [4.78, 5) is 17.0. The molecule has 1 fully saturated rings. The fraction of sp³-hybridized carbons (Fsp3) is 0.364. The number of thioether (sulfide) groups is 1. The molecule has 3 nitrogen and oxygen atoms in total. The average molecular weight is 429 g/mol. The molecule has 1 N–H and O–H groups in total. The second-order valence-electron chi connectivity index (χ2n) is 6.91. The van der Waals surface area contributed by atoms with Gasteiger partial charge in [-0.05, 0) is 67.3 Å². The Kier molecular flexibility index (Phi) is 8.20. The van der Waals surface area contributed by atoms with Crippen LogP contribution < -0.4 is 5.32 Å². The quantitative estimate of drug-likeness (QED) is 0.339. The first kappa shape index (κ1) is 21.2. The van der Waals surface area contributed by atoms with E-state index in [2.05, 4.69) is 54.3 Å². The molecule has 1 aliphatic carbocycles. The Bertz CT molecular complexity index is 815. The first-order valence-electron chi connectivity index (χ1n) is 9.50. The summed E-state index contributed by atoms with van der Waals surface area (Å²) < 4.78 is 0. The Morgan fingerprint density at radius 2 is 1.64 bits per heavy atom. The van der Waals surface area contributed by atoms with Crippen molar-refractivity contribution in [2.75, 3.05) is 12.3 Å². The van der Waals surface area contributed by atoms with Crippen LogP contribution in [0, 0.1) is 23.2 Å². The predicted molar refractivity (Wildman–Crippen MR) is 119 cm³/mol. The predicted octanol–water partition coefficient (Wildman–Crippen LogP) is 5.66. The van der Waals surface area contributed by atoms with Gasteiger partial charge in [0.1, 0.15) is 6.54 Å². The van der Waals surface area contributed by atoms with Crippen molar-refractivity contribution < 1.29 is 4.79 Å². The number of nitrogens with zero attached hydrogens (tertiary/aromatic N) is 1. The monoisotopic (exact) mass is 428 g/mol. The van der Waals surface area contributed by atoms with E-state index in [0.29, 0.717) is 5.92 Å². The third-order valence-corrected chi connectivity index (χ3v) is 7.46. The second-order valence-corrected chi connectivity index (χ2v) is 9.66. The first-order valence-corrected chi connectivity index (χ1v) is 11.7. The van der Waals surface area contributed by atoms with E-state index in [1.807, 2.05) is 30.0 Å². The second kappa shape index (κ2) is 10.8. The molecule has 0 radical (unpaired) electrons. The summed E-state index contributed by atoms with van der Waals surface area (Å²) in [6.07, 6.45) is 4.32. The highest BCUT2D eigenvalue weighted by Gasteiger charge is 2.30. The number of carbonyl (C=O) groups is 1. The van der Waals surface area contributed by atoms with Crippen LogP contribution in [0.2, 0.25) is 0 Å². The molecule has 28 heavy (non-hydrogen) atoms. The Labute approximate surface area is 181 Å². The van der Waals surface area contributed by atoms with E-state index >= 15 is 0 Å². The lowest BCUT2D eigenvalue weighted by molar-refractivity contribution is -0.127. The molecular formula is C22H24N2OS3. The van der Waals surface area contributed by atoms with Crippen molar-refractivity contribution in [3.63, 3.8) is 0 Å². The molecule has 0 saturated heterocycles. The number of benzene rings is 2. The molecular weight excluding hydrogens is 404 g/mol. The van der Waals surface area contributed by atoms with Crippen LogP contribution in [-0.4, -0.2) is 18.2 Å². The summed E-state index contributed by atoms with van der Waals surface area (Å²) in [6, 6.07) is 18.8. The minimum absolute atomic E-state index is 0.0410. The van der Waals surface area contributed by atoms with Crippen LogP contribution in [0.15, 0.2) is 68.1 Å². The number of nitrogens with one attached hydrogen (secondary N) is 1. The normalized spacial score (nSPS) is 19.0. The highest BCUT2D eigenvalue weighted by molar-refractivity contribution is 7.99. The zero-order chi connectivity index (χ0) is 19.8. The van der Waals surface area contributed by atoms with Gasteiger partial charge in [-0.3, -0.25) is 4.79 Å². The van der Waals surface area contributed by atoms with Crippen LogP contribution in [0.25, 0.3) is 0 Å². The molecule has 2 unspecified atom stereocenters. The zero-order valence-electron chi connectivity index (χ0n) is 15.6. The number of hydrogen-bond acceptors (Lipinski definition) is 5. The SMILES string of the molecule is N#CCNC(=O)C1CCCCC1CSc1ccc(Sc2ccc(S)cc2)cc1. The largest absolute Gasteiger partial charge is 0.343 e. The van der Waals surface area contributed by atoms with Crippen molar-refractivity contribution >= 4 is 42.1 Å². The first-order chi connectivity index (χ1) is 13.7. The standard InChI is InChI=1S/C22H24N2OS3/c23-13-14-24-22(25)21-4-2-1-3-16(21)15-27-18-9-11-20(12-10-18)28-19-7-5-17(26)6-8-19/h5-12,16,21,26H,1-4,14-15H2,(H,24,25). The van der Waals surface area contributed by atoms with Crippen molar-refractivity contribution in [2.24, 2.45) is 11.8 Å². The Morgan fingerprint density at radius 1 is 1.04 bits per heavy atom. The lowest BCUT2D eigenvalue weighted by Crippen LogP contribution is -2.37. The molecule has 146 valence electrons. The van der Waals surface area contributed by atoms with Gasteiger partial charge in [-0.25, -0.2) is 0 Å². The van der Waals surface area contributed by atoms with Crippen molar-refractivity contribution in [3.8, 4) is 6.07 Å². The number of nitriles is 1. The van der Waals surface area contributed by atoms with Gasteiger partial charge in [-0.2, -0.15) is 5.26 Å². The third-order valence-electron chi connectivity index (χ3n) is 4.95. The summed E-state index contributed by atoms with van der Waals surface area (Å²) in [5, 5.41) is 11.4. The fourth-order valence-corrected chi connectivity index (χ4v) is 5.57. The van der Waals surface area contributed by atoms with E-state index < -0.39 is 0 Å². The van der Waals surface area contributed by atoms with Crippen LogP contribution in [0.4, 0.5) is 0 Å². The minimum Gasteiger partial charge on any atom is -0.343 e. The number of hydrogen-bond donors (Lipinski definition) is 2. The van der Waals surface area contributed by atoms with E-state index in [9.17, 15) is 4.79 Å². The van der Waals surface area contributed by atoms with Gasteiger partial charge in [0.2, 0.25) is 5.91 Å². The molecule has 2 atom stereocenters. The Morgan fingerprint density at radius 3 is 2.32 bits per heavy atom. The maximum absolute atomic E-state index is 12.3. The molecule has 2 aromatic rings. The van der Waals surface area contributed by atoms with Crippen LogP contribution in [-0.2, 0) is 4.79 Å². The molecule has 3 rings (SSSR count). The molecule has 6 heteroatoms. The summed E-state index contributed by atoms with van der Waals surface area (Å²) in [5.74, 6) is 1.41. The van der Waals surface area contributed by atoms with Gasteiger partial charge in [-0.1, -0.05) is 24.6 Å². The molecule has 1 aliphatic rings. The van der Waals surface area contributed by atoms with Gasteiger partial charge in [0, 0.05) is 31.3 Å². The van der Waals surface area contributed by atoms with Crippen molar-refractivity contribution in [3.05, 3.63) is 48.5 Å². The van der Waals surface area contributed by atoms with Gasteiger partial charge in [0.15, 0.2) is 0 Å². The molecule has 2 aromatic carbocycles. The maximum Gasteiger partial charge on any atom is 0.224 e. The topological polar surface area (TPSA) is 52.9 Å². The summed E-state index contributed by atoms with van der Waals surface area (Å²) in [5.41, 5.74) is 0. The Hall–Kier alpha value is -1.55. The maximum atomic E-state index is 12.3. The summed E-state index contributed by atoms with van der Waals surface area (Å²) in [7, 11) is 0. The number of carbonyl (C=O) groups excluding carboxylic acids is 1. The molecule has 0 bridgehead atoms. The third kappa shape index (κ3) is 6.23. The highest BCUT2D eigenvalue weighted by Crippen LogP contribution is 2.35. The van der Waals surface area contributed by atoms with E-state index in [-0.39, 0.29) is 18.4 Å². The van der Waals surface area contributed by atoms with E-state index in [0.717, 1.165) is 29.9 Å². The average Bonchev–Trinajstić information content (AvgIpc) is 2.73. The summed E-state index contributed by atoms with van der Waals surface area (Å²) >= 11 is 7.89. The van der Waals surface area contributed by atoms with Gasteiger partial charge in [0.05, 0.1) is 6.07 Å². The lowest BCUT2D eigenvalue weighted by Gasteiger charge is -2.30. The molecule has 0 heterocycles. The van der Waals surface area contributed by atoms with Crippen molar-refractivity contribution in [2.45, 2.75) is 45.3 Å². The van der Waals surface area contributed by atoms with E-state index in [4.69, 9.17) is 5.26 Å². The molecule has 0 spiro atoms. The van der Waals surface area contributed by atoms with Gasteiger partial charge < -0.3 is 5.32 Å². The lowest BCUT2D eigenvalue weighted by atomic mass is 9.80. The number of thiol groups is 1. The summed E-state index contributed by atoms with van der Waals surface area (Å²) in [6.45, 7) is 0.102. The smallest absolute Gasteiger partial charge is 0.224 e. The van der Waals surface area contributed by atoms with Crippen LogP contribution in [0.5, 0.6) is 0 Å². The minimum atomic E-state index is 0.0410. The molecule has 1 amide bonds. The van der Waals surface area contributed by atoms with E-state index in [1.54, 1.807) is 11.8 Å². The van der Waals surface area contributed by atoms with Gasteiger partial charge in [0.25, 0.3) is 0 Å². The molecule has 1 saturated carbocycles. The highest BCUT2D eigenvalue weighted by atomic mass is 32.2.